The van der Waals surface area contributed by atoms with Crippen molar-refractivity contribution >= 4 is 17.4 Å². The van der Waals surface area contributed by atoms with Crippen LogP contribution in [-0.4, -0.2) is 17.0 Å². The normalized spacial score (nSPS) is 10.4. The van der Waals surface area contributed by atoms with Crippen LogP contribution in [0.3, 0.4) is 0 Å². The third-order valence-corrected chi connectivity index (χ3v) is 3.14. The fourth-order valence-electron chi connectivity index (χ4n) is 2.00. The number of nitrogens with one attached hydrogen (secondary N) is 1. The van der Waals surface area contributed by atoms with Gasteiger partial charge < -0.3 is 5.32 Å². The van der Waals surface area contributed by atoms with Gasteiger partial charge in [-0.15, -0.1) is 0 Å². The van der Waals surface area contributed by atoms with Gasteiger partial charge in [-0.3, -0.25) is 0 Å². The molecule has 1 N–H and O–H groups in total. The van der Waals surface area contributed by atoms with Crippen molar-refractivity contribution in [3.63, 3.8) is 0 Å². The van der Waals surface area contributed by atoms with Gasteiger partial charge in [0.05, 0.1) is 5.69 Å². The second kappa shape index (κ2) is 5.83. The summed E-state index contributed by atoms with van der Waals surface area (Å²) in [4.78, 5) is 8.67. The monoisotopic (exact) mass is 261 g/mol. The molecule has 0 unspecified atom stereocenters. The first-order valence-corrected chi connectivity index (χ1v) is 6.42. The number of nitrogens with zero attached hydrogens (tertiary/aromatic N) is 2. The molecule has 3 nitrogen and oxygen atoms in total. The Kier molecular flexibility index (Phi) is 4.15. The molecule has 18 heavy (non-hydrogen) atoms. The van der Waals surface area contributed by atoms with Crippen LogP contribution in [-0.2, 0) is 6.42 Å². The Morgan fingerprint density at radius 2 is 2.00 bits per heavy atom. The maximum Gasteiger partial charge on any atom is 0.132 e. The molecule has 0 bridgehead atoms. The Morgan fingerprint density at radius 3 is 2.67 bits per heavy atom. The van der Waals surface area contributed by atoms with Crippen molar-refractivity contribution in [3.05, 3.63) is 41.2 Å². The summed E-state index contributed by atoms with van der Waals surface area (Å²) in [7, 11) is 1.87. The maximum atomic E-state index is 6.25. The first-order chi connectivity index (χ1) is 8.77. The molecule has 2 rings (SSSR count). The van der Waals surface area contributed by atoms with Crippen LogP contribution in [0, 0.1) is 0 Å². The fourth-order valence-corrected chi connectivity index (χ4v) is 2.23. The van der Waals surface area contributed by atoms with Crippen molar-refractivity contribution in [1.82, 2.24) is 9.97 Å². The van der Waals surface area contributed by atoms with Crippen molar-refractivity contribution < 1.29 is 0 Å². The van der Waals surface area contributed by atoms with Gasteiger partial charge in [-0.05, 0) is 12.5 Å². The molecule has 0 aliphatic rings. The van der Waals surface area contributed by atoms with E-state index in [0.29, 0.717) is 0 Å². The lowest BCUT2D eigenvalue weighted by atomic mass is 10.0. The van der Waals surface area contributed by atoms with E-state index >= 15 is 0 Å². The van der Waals surface area contributed by atoms with Crippen LogP contribution >= 0.6 is 11.6 Å². The van der Waals surface area contributed by atoms with Crippen LogP contribution in [0.2, 0.25) is 5.02 Å². The van der Waals surface area contributed by atoms with E-state index in [0.717, 1.165) is 40.5 Å². The molecule has 0 saturated heterocycles. The van der Waals surface area contributed by atoms with Crippen molar-refractivity contribution in [2.45, 2.75) is 19.8 Å². The zero-order valence-corrected chi connectivity index (χ0v) is 11.3. The number of aromatic nitrogens is 2. The summed E-state index contributed by atoms with van der Waals surface area (Å²) in [5, 5.41) is 3.83. The molecule has 1 aromatic carbocycles. The summed E-state index contributed by atoms with van der Waals surface area (Å²) >= 11 is 6.25. The maximum absolute atomic E-state index is 6.25. The molecule has 2 aromatic rings. The third-order valence-electron chi connectivity index (χ3n) is 2.81. The van der Waals surface area contributed by atoms with E-state index in [1.54, 1.807) is 6.33 Å². The molecule has 0 aliphatic carbocycles. The molecule has 0 saturated carbocycles. The topological polar surface area (TPSA) is 37.8 Å². The molecule has 94 valence electrons. The van der Waals surface area contributed by atoms with Crippen LogP contribution in [0.4, 0.5) is 5.82 Å². The van der Waals surface area contributed by atoms with E-state index < -0.39 is 0 Å². The van der Waals surface area contributed by atoms with Crippen LogP contribution in [0.25, 0.3) is 11.3 Å². The minimum atomic E-state index is 0.718. The summed E-state index contributed by atoms with van der Waals surface area (Å²) < 4.78 is 0. The second-order valence-electron chi connectivity index (χ2n) is 4.03. The third kappa shape index (κ3) is 2.46. The summed E-state index contributed by atoms with van der Waals surface area (Å²) in [6.45, 7) is 2.14. The average Bonchev–Trinajstić information content (AvgIpc) is 2.40. The van der Waals surface area contributed by atoms with Crippen LogP contribution < -0.4 is 5.32 Å². The molecule has 1 heterocycles. The largest absolute Gasteiger partial charge is 0.373 e. The average molecular weight is 262 g/mol. The molecule has 0 atom stereocenters. The van der Waals surface area contributed by atoms with Crippen molar-refractivity contribution in [2.24, 2.45) is 0 Å². The van der Waals surface area contributed by atoms with E-state index in [2.05, 4.69) is 22.2 Å². The summed E-state index contributed by atoms with van der Waals surface area (Å²) in [5.74, 6) is 0.877. The van der Waals surface area contributed by atoms with Gasteiger partial charge >= 0.3 is 0 Å². The summed E-state index contributed by atoms with van der Waals surface area (Å²) in [6, 6.07) is 7.76. The van der Waals surface area contributed by atoms with Gasteiger partial charge in [-0.2, -0.15) is 0 Å². The number of hydrogen-bond donors (Lipinski definition) is 1. The van der Waals surface area contributed by atoms with Gasteiger partial charge in [0, 0.05) is 23.2 Å². The Hall–Kier alpha value is -1.61. The Bertz CT molecular complexity index is 540. The summed E-state index contributed by atoms with van der Waals surface area (Å²) in [5.41, 5.74) is 3.00. The molecule has 0 amide bonds. The van der Waals surface area contributed by atoms with Crippen molar-refractivity contribution in [3.8, 4) is 11.3 Å². The minimum Gasteiger partial charge on any atom is -0.373 e. The lowest BCUT2D eigenvalue weighted by Crippen LogP contribution is -2.03. The van der Waals surface area contributed by atoms with Gasteiger partial charge in [0.2, 0.25) is 0 Å². The molecule has 4 heteroatoms. The first kappa shape index (κ1) is 12.8. The Labute approximate surface area is 112 Å². The lowest BCUT2D eigenvalue weighted by molar-refractivity contribution is 0.906. The zero-order valence-electron chi connectivity index (χ0n) is 10.6. The highest BCUT2D eigenvalue weighted by molar-refractivity contribution is 6.33. The molecule has 0 fully saturated rings. The van der Waals surface area contributed by atoms with Crippen LogP contribution in [0.15, 0.2) is 30.6 Å². The predicted molar refractivity (Wildman–Crippen MR) is 76.0 cm³/mol. The standard InChI is InChI=1S/C14H16ClN3/c1-3-6-11-13(17-9-18-14(11)16-2)10-7-4-5-8-12(10)15/h4-5,7-9H,3,6H2,1-2H3,(H,16,17,18). The van der Waals surface area contributed by atoms with Gasteiger partial charge in [-0.1, -0.05) is 43.1 Å². The SMILES string of the molecule is CCCc1c(NC)ncnc1-c1ccccc1Cl. The van der Waals surface area contributed by atoms with Gasteiger partial charge in [0.1, 0.15) is 12.1 Å². The lowest BCUT2D eigenvalue weighted by Gasteiger charge is -2.12. The van der Waals surface area contributed by atoms with Crippen LogP contribution in [0.5, 0.6) is 0 Å². The van der Waals surface area contributed by atoms with E-state index in [4.69, 9.17) is 11.6 Å². The molecule has 0 aliphatic heterocycles. The molecular formula is C14H16ClN3. The number of rotatable bonds is 4. The van der Waals surface area contributed by atoms with Gasteiger partial charge in [0.25, 0.3) is 0 Å². The summed E-state index contributed by atoms with van der Waals surface area (Å²) in [6.07, 6.45) is 3.54. The van der Waals surface area contributed by atoms with E-state index in [9.17, 15) is 0 Å². The number of benzene rings is 1. The second-order valence-corrected chi connectivity index (χ2v) is 4.44. The number of hydrogen-bond acceptors (Lipinski definition) is 3. The Balaban J connectivity index is 2.60. The van der Waals surface area contributed by atoms with Crippen molar-refractivity contribution in [1.29, 1.82) is 0 Å². The smallest absolute Gasteiger partial charge is 0.132 e. The fraction of sp³-hybridized carbons (Fsp3) is 0.286. The highest BCUT2D eigenvalue weighted by Crippen LogP contribution is 2.31. The quantitative estimate of drug-likeness (QED) is 0.910. The highest BCUT2D eigenvalue weighted by atomic mass is 35.5. The van der Waals surface area contributed by atoms with Gasteiger partial charge in [-0.25, -0.2) is 9.97 Å². The zero-order chi connectivity index (χ0) is 13.0. The van der Waals surface area contributed by atoms with E-state index in [1.165, 1.54) is 0 Å². The van der Waals surface area contributed by atoms with Gasteiger partial charge in [0.15, 0.2) is 0 Å². The molecule has 1 aromatic heterocycles. The minimum absolute atomic E-state index is 0.718. The van der Waals surface area contributed by atoms with E-state index in [1.807, 2.05) is 31.3 Å². The highest BCUT2D eigenvalue weighted by Gasteiger charge is 2.13. The molecular weight excluding hydrogens is 246 g/mol. The van der Waals surface area contributed by atoms with E-state index in [-0.39, 0.29) is 0 Å². The number of halogens is 1. The first-order valence-electron chi connectivity index (χ1n) is 6.04. The van der Waals surface area contributed by atoms with Crippen LogP contribution in [0.1, 0.15) is 18.9 Å². The predicted octanol–water partition coefficient (Wildman–Crippen LogP) is 3.79. The number of anilines is 1. The molecule has 0 spiro atoms. The Morgan fingerprint density at radius 1 is 1.22 bits per heavy atom. The van der Waals surface area contributed by atoms with Crippen molar-refractivity contribution in [2.75, 3.05) is 12.4 Å². The molecule has 0 radical (unpaired) electrons.